The van der Waals surface area contributed by atoms with Crippen LogP contribution in [0.2, 0.25) is 0 Å². The first kappa shape index (κ1) is 8.93. The van der Waals surface area contributed by atoms with Crippen LogP contribution in [0.1, 0.15) is 18.5 Å². The SMILES string of the molecule is CC(N)c1cc(F)c(O)cc1F. The Hall–Kier alpha value is -1.16. The van der Waals surface area contributed by atoms with Crippen LogP contribution < -0.4 is 5.73 Å². The Morgan fingerprint density at radius 3 is 2.42 bits per heavy atom. The average molecular weight is 173 g/mol. The first-order chi connectivity index (χ1) is 5.52. The van der Waals surface area contributed by atoms with E-state index in [9.17, 15) is 8.78 Å². The minimum absolute atomic E-state index is 0.0605. The van der Waals surface area contributed by atoms with E-state index >= 15 is 0 Å². The zero-order chi connectivity index (χ0) is 9.30. The van der Waals surface area contributed by atoms with Crippen LogP contribution in [0.15, 0.2) is 12.1 Å². The third-order valence-corrected chi connectivity index (χ3v) is 1.56. The van der Waals surface area contributed by atoms with E-state index in [1.54, 1.807) is 0 Å². The minimum Gasteiger partial charge on any atom is -0.505 e. The molecule has 1 unspecified atom stereocenters. The molecule has 12 heavy (non-hydrogen) atoms. The van der Waals surface area contributed by atoms with Crippen molar-refractivity contribution in [3.05, 3.63) is 29.3 Å². The second kappa shape index (κ2) is 3.06. The number of phenolic OH excluding ortho intramolecular Hbond substituents is 1. The lowest BCUT2D eigenvalue weighted by atomic mass is 10.1. The molecule has 1 atom stereocenters. The van der Waals surface area contributed by atoms with Gasteiger partial charge in [0.2, 0.25) is 0 Å². The van der Waals surface area contributed by atoms with Gasteiger partial charge in [-0.05, 0) is 13.0 Å². The van der Waals surface area contributed by atoms with Gasteiger partial charge in [-0.2, -0.15) is 0 Å². The van der Waals surface area contributed by atoms with Gasteiger partial charge < -0.3 is 10.8 Å². The van der Waals surface area contributed by atoms with Gasteiger partial charge in [-0.1, -0.05) is 0 Å². The minimum atomic E-state index is -0.858. The van der Waals surface area contributed by atoms with Crippen LogP contribution in [0.25, 0.3) is 0 Å². The summed E-state index contributed by atoms with van der Waals surface area (Å²) in [7, 11) is 0. The normalized spacial score (nSPS) is 13.0. The molecule has 0 spiro atoms. The molecule has 0 aliphatic rings. The van der Waals surface area contributed by atoms with Crippen molar-refractivity contribution in [2.75, 3.05) is 0 Å². The molecule has 0 aliphatic heterocycles. The Kier molecular flexibility index (Phi) is 2.28. The number of aromatic hydroxyl groups is 1. The lowest BCUT2D eigenvalue weighted by molar-refractivity contribution is 0.424. The summed E-state index contributed by atoms with van der Waals surface area (Å²) in [6.45, 7) is 1.54. The van der Waals surface area contributed by atoms with Crippen molar-refractivity contribution < 1.29 is 13.9 Å². The summed E-state index contributed by atoms with van der Waals surface area (Å²) in [5, 5.41) is 8.75. The quantitative estimate of drug-likeness (QED) is 0.678. The molecule has 0 aromatic heterocycles. The highest BCUT2D eigenvalue weighted by Crippen LogP contribution is 2.22. The van der Waals surface area contributed by atoms with E-state index < -0.39 is 23.4 Å². The molecule has 2 nitrogen and oxygen atoms in total. The van der Waals surface area contributed by atoms with E-state index in [1.807, 2.05) is 0 Å². The van der Waals surface area contributed by atoms with E-state index in [4.69, 9.17) is 10.8 Å². The van der Waals surface area contributed by atoms with Crippen molar-refractivity contribution in [2.24, 2.45) is 5.73 Å². The van der Waals surface area contributed by atoms with Gasteiger partial charge in [-0.3, -0.25) is 0 Å². The van der Waals surface area contributed by atoms with Gasteiger partial charge in [0.05, 0.1) is 0 Å². The molecule has 1 aromatic rings. The number of phenols is 1. The maximum atomic E-state index is 12.9. The summed E-state index contributed by atoms with van der Waals surface area (Å²) in [6, 6.07) is 1.03. The molecule has 0 heterocycles. The fourth-order valence-corrected chi connectivity index (χ4v) is 0.901. The van der Waals surface area contributed by atoms with Gasteiger partial charge in [0.1, 0.15) is 5.82 Å². The standard InChI is InChI=1S/C8H9F2NO/c1-4(11)5-2-7(10)8(12)3-6(5)9/h2-4,12H,11H2,1H3. The first-order valence-electron chi connectivity index (χ1n) is 3.46. The van der Waals surface area contributed by atoms with Crippen LogP contribution in [0.4, 0.5) is 8.78 Å². The highest BCUT2D eigenvalue weighted by atomic mass is 19.1. The zero-order valence-corrected chi connectivity index (χ0v) is 6.51. The summed E-state index contributed by atoms with van der Waals surface area (Å²) < 4.78 is 25.5. The molecule has 0 radical (unpaired) electrons. The van der Waals surface area contributed by atoms with Crippen molar-refractivity contribution in [2.45, 2.75) is 13.0 Å². The van der Waals surface area contributed by atoms with Crippen LogP contribution in [-0.2, 0) is 0 Å². The summed E-state index contributed by atoms with van der Waals surface area (Å²) in [6.07, 6.45) is 0. The van der Waals surface area contributed by atoms with Crippen molar-refractivity contribution in [3.63, 3.8) is 0 Å². The Morgan fingerprint density at radius 2 is 1.92 bits per heavy atom. The Balaban J connectivity index is 3.23. The average Bonchev–Trinajstić information content (AvgIpc) is 1.96. The lowest BCUT2D eigenvalue weighted by Crippen LogP contribution is -2.07. The predicted octanol–water partition coefficient (Wildman–Crippen LogP) is 1.69. The molecular formula is C8H9F2NO. The summed E-state index contributed by atoms with van der Waals surface area (Å²) in [5.74, 6) is -2.25. The molecule has 1 aromatic carbocycles. The largest absolute Gasteiger partial charge is 0.505 e. The summed E-state index contributed by atoms with van der Waals surface area (Å²) in [5.41, 5.74) is 5.41. The van der Waals surface area contributed by atoms with E-state index in [2.05, 4.69) is 0 Å². The molecule has 4 heteroatoms. The Labute approximate surface area is 68.6 Å². The topological polar surface area (TPSA) is 46.2 Å². The van der Waals surface area contributed by atoms with Crippen LogP contribution in [0, 0.1) is 11.6 Å². The highest BCUT2D eigenvalue weighted by molar-refractivity contribution is 5.31. The van der Waals surface area contributed by atoms with Crippen molar-refractivity contribution in [3.8, 4) is 5.75 Å². The van der Waals surface area contributed by atoms with Crippen LogP contribution in [0.3, 0.4) is 0 Å². The molecule has 66 valence electrons. The smallest absolute Gasteiger partial charge is 0.165 e. The lowest BCUT2D eigenvalue weighted by Gasteiger charge is -2.07. The van der Waals surface area contributed by atoms with Gasteiger partial charge >= 0.3 is 0 Å². The van der Waals surface area contributed by atoms with Crippen LogP contribution >= 0.6 is 0 Å². The Bertz CT molecular complexity index is 299. The summed E-state index contributed by atoms with van der Waals surface area (Å²) >= 11 is 0. The monoisotopic (exact) mass is 173 g/mol. The van der Waals surface area contributed by atoms with E-state index in [-0.39, 0.29) is 5.56 Å². The number of benzene rings is 1. The maximum Gasteiger partial charge on any atom is 0.165 e. The van der Waals surface area contributed by atoms with Crippen LogP contribution in [0.5, 0.6) is 5.75 Å². The van der Waals surface area contributed by atoms with Crippen molar-refractivity contribution >= 4 is 0 Å². The molecule has 0 aliphatic carbocycles. The van der Waals surface area contributed by atoms with Crippen LogP contribution in [-0.4, -0.2) is 5.11 Å². The van der Waals surface area contributed by atoms with E-state index in [1.165, 1.54) is 6.92 Å². The number of hydrogen-bond donors (Lipinski definition) is 2. The fourth-order valence-electron chi connectivity index (χ4n) is 0.901. The highest BCUT2D eigenvalue weighted by Gasteiger charge is 2.11. The molecule has 0 saturated heterocycles. The second-order valence-corrected chi connectivity index (χ2v) is 2.61. The van der Waals surface area contributed by atoms with Gasteiger partial charge in [0.15, 0.2) is 11.6 Å². The molecular weight excluding hydrogens is 164 g/mol. The molecule has 0 fully saturated rings. The van der Waals surface area contributed by atoms with Crippen molar-refractivity contribution in [1.82, 2.24) is 0 Å². The second-order valence-electron chi connectivity index (χ2n) is 2.61. The fraction of sp³-hybridized carbons (Fsp3) is 0.250. The van der Waals surface area contributed by atoms with E-state index in [0.717, 1.165) is 6.07 Å². The number of nitrogens with two attached hydrogens (primary N) is 1. The van der Waals surface area contributed by atoms with Gasteiger partial charge in [-0.15, -0.1) is 0 Å². The number of hydrogen-bond acceptors (Lipinski definition) is 2. The molecule has 3 N–H and O–H groups in total. The summed E-state index contributed by atoms with van der Waals surface area (Å²) in [4.78, 5) is 0. The van der Waals surface area contributed by atoms with Gasteiger partial charge in [-0.25, -0.2) is 8.78 Å². The molecule has 0 amide bonds. The molecule has 0 bridgehead atoms. The Morgan fingerprint density at radius 1 is 1.33 bits per heavy atom. The maximum absolute atomic E-state index is 12.9. The number of halogens is 2. The molecule has 0 saturated carbocycles. The van der Waals surface area contributed by atoms with Crippen molar-refractivity contribution in [1.29, 1.82) is 0 Å². The number of rotatable bonds is 1. The predicted molar refractivity (Wildman–Crippen MR) is 40.6 cm³/mol. The zero-order valence-electron chi connectivity index (χ0n) is 6.51. The third kappa shape index (κ3) is 1.53. The molecule has 1 rings (SSSR count). The van der Waals surface area contributed by atoms with E-state index in [0.29, 0.717) is 6.07 Å². The van der Waals surface area contributed by atoms with Gasteiger partial charge in [0.25, 0.3) is 0 Å². The third-order valence-electron chi connectivity index (χ3n) is 1.56. The van der Waals surface area contributed by atoms with Gasteiger partial charge in [0, 0.05) is 17.7 Å². The first-order valence-corrected chi connectivity index (χ1v) is 3.46.